The SMILES string of the molecule is CC[C@H]1NC(=O)[C@@H](NC(=O)c2c(O)ccc[n+]2CC)[C@@H](C)OC(=O)[C@H](c2ccccc2)NC(=O)[C@@H]2CC(=O)CCN2C(=O)[C@H](Cc2ccc(N(C)C)cc2)N(C)C(=O)[C@@H]2CCCN2C1=O. The van der Waals surface area contributed by atoms with Crippen molar-refractivity contribution in [1.82, 2.24) is 30.7 Å². The molecule has 18 heteroatoms. The number of aromatic nitrogens is 1. The summed E-state index contributed by atoms with van der Waals surface area (Å²) in [6.07, 6.45) is 0.520. The van der Waals surface area contributed by atoms with Gasteiger partial charge in [-0.25, -0.2) is 4.79 Å². The second-order valence-corrected chi connectivity index (χ2v) is 16.9. The zero-order valence-corrected chi connectivity index (χ0v) is 37.7. The summed E-state index contributed by atoms with van der Waals surface area (Å²) in [7, 11) is 5.26. The summed E-state index contributed by atoms with van der Waals surface area (Å²) in [5.74, 6) is -6.04. The van der Waals surface area contributed by atoms with Gasteiger partial charge in [-0.1, -0.05) is 49.4 Å². The molecule has 4 N–H and O–H groups in total. The van der Waals surface area contributed by atoms with Crippen LogP contribution in [0, 0.1) is 0 Å². The lowest BCUT2D eigenvalue weighted by atomic mass is 9.95. The first-order chi connectivity index (χ1) is 31.0. The number of esters is 1. The number of carbonyl (C=O) groups is 8. The Bertz CT molecular complexity index is 2290. The lowest BCUT2D eigenvalue weighted by Crippen LogP contribution is -2.61. The van der Waals surface area contributed by atoms with E-state index in [2.05, 4.69) is 16.0 Å². The molecular formula is C47H59N8O10+. The van der Waals surface area contributed by atoms with Crippen molar-refractivity contribution in [2.24, 2.45) is 0 Å². The van der Waals surface area contributed by atoms with Gasteiger partial charge in [0.05, 0.1) is 0 Å². The Morgan fingerprint density at radius 2 is 1.55 bits per heavy atom. The highest BCUT2D eigenvalue weighted by molar-refractivity contribution is 6.01. The molecule has 346 valence electrons. The third-order valence-corrected chi connectivity index (χ3v) is 12.4. The molecule has 3 aliphatic rings. The molecule has 0 aliphatic carbocycles. The standard InChI is InChI=1S/C47H58N8O10/c1-7-33-44(61)54-24-12-16-34(54)45(62)52(6)36(26-29-18-20-31(21-19-29)51(4)5)46(63)55-25-22-32(56)27-35(55)41(58)50-39(30-14-10-9-11-15-30)47(64)65-28(3)38(42(59)48-33)49-43(60)40-37(57)17-13-23-53(40)8-2/h9-11,13-15,17-21,23,28,33-36,38-39H,7-8,12,16,22,24-27H2,1-6H3,(H3-,48,49,50,57,58,59,60)/p+1/t28-,33-,34+,35+,36+,38+,39+/m1/s1. The van der Waals surface area contributed by atoms with E-state index in [0.29, 0.717) is 12.0 Å². The first-order valence-corrected chi connectivity index (χ1v) is 22.1. The molecule has 3 fully saturated rings. The second kappa shape index (κ2) is 20.8. The summed E-state index contributed by atoms with van der Waals surface area (Å²) in [5.41, 5.74) is 1.71. The lowest BCUT2D eigenvalue weighted by molar-refractivity contribution is -0.695. The predicted octanol–water partition coefficient (Wildman–Crippen LogP) is 1.18. The number of fused-ring (bicyclic) bond motifs is 2. The largest absolute Gasteiger partial charge is 0.502 e. The maximum Gasteiger partial charge on any atom is 0.333 e. The Morgan fingerprint density at radius 3 is 2.22 bits per heavy atom. The normalized spacial score (nSPS) is 25.0. The number of benzene rings is 2. The molecule has 1 aromatic heterocycles. The van der Waals surface area contributed by atoms with Gasteiger partial charge in [0.1, 0.15) is 48.6 Å². The molecule has 65 heavy (non-hydrogen) atoms. The van der Waals surface area contributed by atoms with Crippen molar-refractivity contribution in [3.05, 3.63) is 89.7 Å². The third-order valence-electron chi connectivity index (χ3n) is 12.4. The number of anilines is 1. The van der Waals surface area contributed by atoms with Crippen molar-refractivity contribution in [2.45, 2.75) is 108 Å². The van der Waals surface area contributed by atoms with E-state index >= 15 is 4.79 Å². The van der Waals surface area contributed by atoms with E-state index in [1.165, 1.54) is 45.4 Å². The van der Waals surface area contributed by atoms with Crippen molar-refractivity contribution in [2.75, 3.05) is 39.1 Å². The number of ketones is 1. The van der Waals surface area contributed by atoms with Crippen LogP contribution in [0.15, 0.2) is 72.9 Å². The summed E-state index contributed by atoms with van der Waals surface area (Å²) >= 11 is 0. The van der Waals surface area contributed by atoms with Gasteiger partial charge in [0, 0.05) is 65.2 Å². The van der Waals surface area contributed by atoms with Crippen LogP contribution in [0.25, 0.3) is 0 Å². The smallest absolute Gasteiger partial charge is 0.333 e. The van der Waals surface area contributed by atoms with E-state index in [9.17, 15) is 38.7 Å². The number of piperidine rings is 1. The molecule has 2 aromatic carbocycles. The number of likely N-dealkylation sites (N-methyl/N-ethyl adjacent to an activating group) is 1. The Balaban J connectivity index is 1.44. The number of aromatic hydroxyl groups is 1. The van der Waals surface area contributed by atoms with Gasteiger partial charge in [-0.3, -0.25) is 33.6 Å². The zero-order valence-electron chi connectivity index (χ0n) is 37.7. The molecule has 0 radical (unpaired) electrons. The molecule has 7 atom stereocenters. The average molecular weight is 896 g/mol. The fourth-order valence-electron chi connectivity index (χ4n) is 8.67. The Kier molecular flexibility index (Phi) is 15.2. The third kappa shape index (κ3) is 10.6. The van der Waals surface area contributed by atoms with Crippen LogP contribution in [0.2, 0.25) is 0 Å². The van der Waals surface area contributed by atoms with E-state index < -0.39 is 83.8 Å². The van der Waals surface area contributed by atoms with Crippen molar-refractivity contribution in [1.29, 1.82) is 0 Å². The molecule has 0 saturated carbocycles. The number of pyridine rings is 1. The molecule has 6 amide bonds. The first kappa shape index (κ1) is 47.6. The molecule has 0 unspecified atom stereocenters. The van der Waals surface area contributed by atoms with Crippen molar-refractivity contribution in [3.8, 4) is 5.75 Å². The fraction of sp³-hybridized carbons (Fsp3) is 0.468. The van der Waals surface area contributed by atoms with E-state index in [4.69, 9.17) is 4.74 Å². The van der Waals surface area contributed by atoms with Gasteiger partial charge in [0.15, 0.2) is 18.0 Å². The molecular weight excluding hydrogens is 837 g/mol. The van der Waals surface area contributed by atoms with Crippen LogP contribution in [0.5, 0.6) is 5.75 Å². The quantitative estimate of drug-likeness (QED) is 0.186. The topological polar surface area (TPSA) is 219 Å². The molecule has 3 aliphatic heterocycles. The number of Topliss-reactive ketones (excluding diaryl/α,β-unsaturated/α-hetero) is 1. The lowest BCUT2D eigenvalue weighted by Gasteiger charge is -2.40. The summed E-state index contributed by atoms with van der Waals surface area (Å²) in [6.45, 7) is 5.09. The highest BCUT2D eigenvalue weighted by Gasteiger charge is 2.46. The number of nitrogens with one attached hydrogen (secondary N) is 3. The average Bonchev–Trinajstić information content (AvgIpc) is 3.80. The van der Waals surface area contributed by atoms with Gasteiger partial charge in [-0.2, -0.15) is 4.57 Å². The van der Waals surface area contributed by atoms with Gasteiger partial charge in [0.25, 0.3) is 0 Å². The van der Waals surface area contributed by atoms with Crippen LogP contribution >= 0.6 is 0 Å². The van der Waals surface area contributed by atoms with Gasteiger partial charge >= 0.3 is 17.6 Å². The maximum absolute atomic E-state index is 15.0. The van der Waals surface area contributed by atoms with Crippen molar-refractivity contribution >= 4 is 52.9 Å². The molecule has 6 rings (SSSR count). The van der Waals surface area contributed by atoms with Crippen LogP contribution in [-0.4, -0.2) is 138 Å². The van der Waals surface area contributed by atoms with Crippen LogP contribution < -0.4 is 25.4 Å². The van der Waals surface area contributed by atoms with Crippen LogP contribution in [0.3, 0.4) is 0 Å². The van der Waals surface area contributed by atoms with E-state index in [-0.39, 0.29) is 74.5 Å². The van der Waals surface area contributed by atoms with Crippen LogP contribution in [0.4, 0.5) is 5.69 Å². The summed E-state index contributed by atoms with van der Waals surface area (Å²) < 4.78 is 7.38. The molecule has 3 saturated heterocycles. The fourth-order valence-corrected chi connectivity index (χ4v) is 8.67. The van der Waals surface area contributed by atoms with Gasteiger partial charge in [-0.05, 0) is 62.4 Å². The number of hydrogen-bond acceptors (Lipinski definition) is 11. The number of cyclic esters (lactones) is 1. The van der Waals surface area contributed by atoms with Gasteiger partial charge in [-0.15, -0.1) is 0 Å². The minimum absolute atomic E-state index is 0.0326. The molecule has 3 aromatic rings. The Morgan fingerprint density at radius 1 is 0.862 bits per heavy atom. The number of amides is 6. The summed E-state index contributed by atoms with van der Waals surface area (Å²) in [6, 6.07) is 10.4. The van der Waals surface area contributed by atoms with E-state index in [1.807, 2.05) is 43.3 Å². The zero-order chi connectivity index (χ0) is 47.1. The van der Waals surface area contributed by atoms with Gasteiger partial charge in [0.2, 0.25) is 29.5 Å². The maximum atomic E-state index is 15.0. The molecule has 18 nitrogen and oxygen atoms in total. The van der Waals surface area contributed by atoms with Crippen molar-refractivity contribution in [3.63, 3.8) is 0 Å². The minimum Gasteiger partial charge on any atom is -0.502 e. The molecule has 0 bridgehead atoms. The van der Waals surface area contributed by atoms with Crippen LogP contribution in [0.1, 0.15) is 80.5 Å². The highest BCUT2D eigenvalue weighted by Crippen LogP contribution is 2.27. The number of hydrogen-bond donors (Lipinski definition) is 4. The van der Waals surface area contributed by atoms with Crippen molar-refractivity contribution < 1.29 is 52.8 Å². The number of aryl methyl sites for hydroxylation is 1. The van der Waals surface area contributed by atoms with Crippen LogP contribution in [-0.2, 0) is 51.3 Å². The van der Waals surface area contributed by atoms with Gasteiger partial charge < -0.3 is 45.4 Å². The number of ether oxygens (including phenoxy) is 1. The first-order valence-electron chi connectivity index (χ1n) is 22.1. The second-order valence-electron chi connectivity index (χ2n) is 16.9. The number of carbonyl (C=O) groups excluding carboxylic acids is 8. The number of nitrogens with zero attached hydrogens (tertiary/aromatic N) is 5. The predicted molar refractivity (Wildman–Crippen MR) is 236 cm³/mol. The Labute approximate surface area is 378 Å². The molecule has 4 heterocycles. The highest BCUT2D eigenvalue weighted by atomic mass is 16.5. The van der Waals surface area contributed by atoms with E-state index in [1.54, 1.807) is 50.4 Å². The molecule has 0 spiro atoms. The summed E-state index contributed by atoms with van der Waals surface area (Å²) in [5, 5.41) is 18.8. The Hall–Kier alpha value is -6.85. The minimum atomic E-state index is -1.66. The number of rotatable bonds is 8. The monoisotopic (exact) mass is 895 g/mol. The summed E-state index contributed by atoms with van der Waals surface area (Å²) in [4.78, 5) is 120. The van der Waals surface area contributed by atoms with E-state index in [0.717, 1.165) is 5.69 Å².